The predicted octanol–water partition coefficient (Wildman–Crippen LogP) is 4.65. The first-order valence-electron chi connectivity index (χ1n) is 24.5. The number of aliphatic hydroxyl groups excluding tert-OH is 3. The summed E-state index contributed by atoms with van der Waals surface area (Å²) in [5.41, 5.74) is 2.46. The summed E-state index contributed by atoms with van der Waals surface area (Å²) in [7, 11) is -7.53. The summed E-state index contributed by atoms with van der Waals surface area (Å²) in [5.74, 6) is -0.157. The van der Waals surface area contributed by atoms with Gasteiger partial charge in [0, 0.05) is 19.2 Å². The van der Waals surface area contributed by atoms with Gasteiger partial charge in [-0.3, -0.25) is 18.3 Å². The lowest BCUT2D eigenvalue weighted by Gasteiger charge is -2.28. The maximum absolute atomic E-state index is 12.3. The SMILES string of the molecule is COCCOCCOCCOCCOCC(Nc1nc(Cl)nc2c1ncn2[C@@H]1OC(CCP(=O)(O)O)=C(O)C1O)OC1C(O)[C@H](n2cnc3c(Nc4ccc(C5CCCCC5)cc4)nc(Cl)nc32)O[C@@H]1CCP(=O)(O)O. The fraction of sp³-hybridized carbons (Fsp3) is 0.600. The van der Waals surface area contributed by atoms with Crippen molar-refractivity contribution >= 4 is 78.0 Å². The third kappa shape index (κ3) is 15.3. The molecule has 9 N–H and O–H groups in total. The first-order chi connectivity index (χ1) is 36.5. The summed E-state index contributed by atoms with van der Waals surface area (Å²) in [5, 5.41) is 39.7. The second-order valence-electron chi connectivity index (χ2n) is 18.2. The van der Waals surface area contributed by atoms with E-state index in [9.17, 15) is 44.0 Å². The highest BCUT2D eigenvalue weighted by Gasteiger charge is 2.48. The number of aliphatic hydroxyl groups is 3. The Morgan fingerprint density at radius 3 is 1.92 bits per heavy atom. The molecule has 1 saturated carbocycles. The van der Waals surface area contributed by atoms with Gasteiger partial charge in [0.1, 0.15) is 24.3 Å². The van der Waals surface area contributed by atoms with Crippen LogP contribution in [0.15, 0.2) is 48.4 Å². The summed E-state index contributed by atoms with van der Waals surface area (Å²) < 4.78 is 72.8. The number of fused-ring (bicyclic) bond motifs is 2. The monoisotopic (exact) mass is 1150 g/mol. The number of ether oxygens (including phenoxy) is 8. The zero-order valence-corrected chi connectivity index (χ0v) is 44.6. The number of halogens is 2. The third-order valence-corrected chi connectivity index (χ3v) is 14.8. The summed E-state index contributed by atoms with van der Waals surface area (Å²) in [6.45, 7) is 2.09. The van der Waals surface area contributed by atoms with Crippen LogP contribution in [0.4, 0.5) is 17.3 Å². The van der Waals surface area contributed by atoms with Crippen LogP contribution >= 0.6 is 38.4 Å². The number of nitrogens with zero attached hydrogens (tertiary/aromatic N) is 8. The van der Waals surface area contributed by atoms with Crippen LogP contribution in [0.1, 0.15) is 68.9 Å². The number of anilines is 3. The number of rotatable bonds is 29. The van der Waals surface area contributed by atoms with E-state index < -0.39 is 76.4 Å². The Morgan fingerprint density at radius 2 is 1.32 bits per heavy atom. The first-order valence-corrected chi connectivity index (χ1v) is 28.9. The molecule has 1 saturated heterocycles. The van der Waals surface area contributed by atoms with Crippen LogP contribution in [0, 0.1) is 0 Å². The quantitative estimate of drug-likeness (QED) is 0.0136. The topological polar surface area (TPSA) is 361 Å². The van der Waals surface area contributed by atoms with Crippen LogP contribution in [0.25, 0.3) is 22.3 Å². The standard InChI is InChI=1S/C45H62Cl2N10O17P2/c1-67-13-14-68-15-16-69-17-18-70-19-20-71-23-31(51-39-33-41(55-45(47)53-39)56(24-49-33)42-35(59)34(58)29(72-42)11-21-75(61,62)63)74-37-30(12-22-76(64,65)66)73-43(36(37)60)57-25-48-32-38(52-44(46)54-40(32)57)50-28-9-7-27(8-10-28)26-5-3-2-4-6-26/h7-10,24-26,30-31,35-37,42-43,58-60H,2-6,11-23H2,1H3,(H,50,52,54)(H,51,53,55)(H2,61,62,63)(H2,64,65,66)/t30-,31?,35?,36?,37?,42-,43-/m1/s1. The van der Waals surface area contributed by atoms with Gasteiger partial charge in [0.05, 0.1) is 84.2 Å². The van der Waals surface area contributed by atoms with E-state index in [4.69, 9.17) is 61.1 Å². The number of nitrogens with one attached hydrogen (secondary N) is 2. The number of benzene rings is 1. The largest absolute Gasteiger partial charge is 0.506 e. The normalized spacial score (nSPS) is 22.0. The van der Waals surface area contributed by atoms with Gasteiger partial charge in [-0.15, -0.1) is 0 Å². The third-order valence-electron chi connectivity index (χ3n) is 12.8. The molecule has 1 aromatic carbocycles. The van der Waals surface area contributed by atoms with Crippen LogP contribution in [0.5, 0.6) is 0 Å². The van der Waals surface area contributed by atoms with E-state index in [1.54, 1.807) is 7.11 Å². The number of imidazole rings is 2. The fourth-order valence-corrected chi connectivity index (χ4v) is 10.5. The van der Waals surface area contributed by atoms with E-state index in [2.05, 4.69) is 52.7 Å². The van der Waals surface area contributed by atoms with Gasteiger partial charge in [0.15, 0.2) is 58.3 Å². The molecule has 0 amide bonds. The molecule has 2 fully saturated rings. The van der Waals surface area contributed by atoms with Gasteiger partial charge in [-0.05, 0) is 66.1 Å². The maximum atomic E-state index is 12.3. The second kappa shape index (κ2) is 26.6. The van der Waals surface area contributed by atoms with E-state index in [-0.39, 0.29) is 89.6 Å². The molecule has 2 aliphatic heterocycles. The molecule has 0 radical (unpaired) electrons. The summed E-state index contributed by atoms with van der Waals surface area (Å²) in [4.78, 5) is 65.2. The van der Waals surface area contributed by atoms with Crippen LogP contribution in [0.3, 0.4) is 0 Å². The Kier molecular flexibility index (Phi) is 20.3. The second-order valence-corrected chi connectivity index (χ2v) is 22.4. The minimum absolute atomic E-state index is 0.0193. The molecular weight excluding hydrogens is 1090 g/mol. The highest BCUT2D eigenvalue weighted by atomic mass is 35.5. The van der Waals surface area contributed by atoms with Gasteiger partial charge < -0.3 is 83.4 Å². The number of allylic oxidation sites excluding steroid dienone is 1. The first kappa shape index (κ1) is 57.9. The molecule has 4 aromatic heterocycles. The summed E-state index contributed by atoms with van der Waals surface area (Å²) >= 11 is 13.0. The molecule has 0 spiro atoms. The van der Waals surface area contributed by atoms with Crippen LogP contribution in [-0.4, -0.2) is 183 Å². The van der Waals surface area contributed by atoms with E-state index in [1.807, 2.05) is 12.1 Å². The number of aromatic nitrogens is 8. The van der Waals surface area contributed by atoms with E-state index in [1.165, 1.54) is 46.6 Å². The van der Waals surface area contributed by atoms with Crippen molar-refractivity contribution in [2.45, 2.75) is 94.0 Å². The van der Waals surface area contributed by atoms with Crippen LogP contribution in [0.2, 0.25) is 10.6 Å². The minimum atomic E-state index is -4.62. The fourth-order valence-electron chi connectivity index (χ4n) is 9.06. The van der Waals surface area contributed by atoms with Crippen molar-refractivity contribution in [1.29, 1.82) is 0 Å². The molecule has 0 bridgehead atoms. The zero-order chi connectivity index (χ0) is 54.0. The van der Waals surface area contributed by atoms with Crippen molar-refractivity contribution in [2.24, 2.45) is 0 Å². The molecular formula is C45H62Cl2N10O17P2. The van der Waals surface area contributed by atoms with Gasteiger partial charge in [-0.2, -0.15) is 19.9 Å². The molecule has 31 heteroatoms. The Bertz CT molecular complexity index is 2840. The lowest BCUT2D eigenvalue weighted by Crippen LogP contribution is -2.42. The predicted molar refractivity (Wildman–Crippen MR) is 272 cm³/mol. The van der Waals surface area contributed by atoms with Crippen molar-refractivity contribution in [3.63, 3.8) is 0 Å². The minimum Gasteiger partial charge on any atom is -0.506 e. The van der Waals surface area contributed by atoms with E-state index in [0.29, 0.717) is 39.0 Å². The molecule has 3 aliphatic rings. The van der Waals surface area contributed by atoms with Gasteiger partial charge in [0.25, 0.3) is 0 Å². The molecule has 76 heavy (non-hydrogen) atoms. The number of hydrogen-bond donors (Lipinski definition) is 9. The van der Waals surface area contributed by atoms with Gasteiger partial charge >= 0.3 is 15.2 Å². The molecule has 418 valence electrons. The van der Waals surface area contributed by atoms with Crippen molar-refractivity contribution in [3.8, 4) is 0 Å². The average Bonchev–Trinajstić information content (AvgIpc) is 4.24. The van der Waals surface area contributed by atoms with Crippen molar-refractivity contribution in [2.75, 3.05) is 89.5 Å². The van der Waals surface area contributed by atoms with Gasteiger partial charge in [-0.1, -0.05) is 31.4 Å². The molecule has 6 heterocycles. The summed E-state index contributed by atoms with van der Waals surface area (Å²) in [6.07, 6.45) is -3.16. The molecule has 5 aromatic rings. The highest BCUT2D eigenvalue weighted by molar-refractivity contribution is 7.52. The van der Waals surface area contributed by atoms with Crippen molar-refractivity contribution < 1.29 is 81.9 Å². The lowest BCUT2D eigenvalue weighted by atomic mass is 9.84. The summed E-state index contributed by atoms with van der Waals surface area (Å²) in [6, 6.07) is 8.10. The lowest BCUT2D eigenvalue weighted by molar-refractivity contribution is -0.0968. The highest BCUT2D eigenvalue weighted by Crippen LogP contribution is 2.43. The smallest absolute Gasteiger partial charge is 0.326 e. The number of methoxy groups -OCH3 is 1. The maximum Gasteiger partial charge on any atom is 0.326 e. The Hall–Kier alpha value is -4.22. The molecule has 1 aliphatic carbocycles. The zero-order valence-electron chi connectivity index (χ0n) is 41.3. The Morgan fingerprint density at radius 1 is 0.750 bits per heavy atom. The molecule has 7 atom stereocenters. The van der Waals surface area contributed by atoms with Gasteiger partial charge in [0.2, 0.25) is 16.8 Å². The molecule has 27 nitrogen and oxygen atoms in total. The Balaban J connectivity index is 1.02. The van der Waals surface area contributed by atoms with Gasteiger partial charge in [-0.25, -0.2) is 9.97 Å². The van der Waals surface area contributed by atoms with Crippen molar-refractivity contribution in [1.82, 2.24) is 39.0 Å². The molecule has 4 unspecified atom stereocenters. The Labute approximate surface area is 445 Å². The molecule has 8 rings (SSSR count). The average molecular weight is 1150 g/mol. The van der Waals surface area contributed by atoms with E-state index >= 15 is 0 Å². The van der Waals surface area contributed by atoms with Crippen LogP contribution in [-0.2, 0) is 47.0 Å². The van der Waals surface area contributed by atoms with E-state index in [0.717, 1.165) is 18.5 Å². The van der Waals surface area contributed by atoms with Crippen LogP contribution < -0.4 is 10.6 Å². The van der Waals surface area contributed by atoms with Crippen molar-refractivity contribution in [3.05, 3.63) is 64.6 Å². The number of hydrogen-bond acceptors (Lipinski definition) is 21.